The Morgan fingerprint density at radius 2 is 1.53 bits per heavy atom. The number of benzene rings is 3. The third kappa shape index (κ3) is 5.09. The van der Waals surface area contributed by atoms with E-state index >= 15 is 0 Å². The molecule has 0 unspecified atom stereocenters. The molecule has 1 heterocycles. The van der Waals surface area contributed by atoms with Crippen LogP contribution >= 0.6 is 0 Å². The molecule has 0 amide bonds. The zero-order valence-corrected chi connectivity index (χ0v) is 16.9. The van der Waals surface area contributed by atoms with E-state index in [2.05, 4.69) is 12.1 Å². The number of carbonyl (C=O) groups excluding carboxylic acids is 1. The lowest BCUT2D eigenvalue weighted by Crippen LogP contribution is -2.13. The van der Waals surface area contributed by atoms with Gasteiger partial charge in [-0.1, -0.05) is 66.7 Å². The van der Waals surface area contributed by atoms with Gasteiger partial charge in [-0.15, -0.1) is 0 Å². The van der Waals surface area contributed by atoms with E-state index in [1.165, 1.54) is 5.56 Å². The molecule has 0 aliphatic carbocycles. The molecule has 0 saturated heterocycles. The molecule has 0 spiro atoms. The van der Waals surface area contributed by atoms with Crippen LogP contribution < -0.4 is 4.74 Å². The van der Waals surface area contributed by atoms with E-state index in [4.69, 9.17) is 9.47 Å². The Balaban J connectivity index is 1.32. The monoisotopic (exact) mass is 399 g/mol. The summed E-state index contributed by atoms with van der Waals surface area (Å²) in [6, 6.07) is 28.2. The minimum atomic E-state index is -0.226. The topological polar surface area (TPSA) is 40.5 Å². The van der Waals surface area contributed by atoms with Crippen LogP contribution in [0.1, 0.15) is 17.5 Å². The van der Waals surface area contributed by atoms with E-state index in [0.717, 1.165) is 35.1 Å². The van der Waals surface area contributed by atoms with Crippen molar-refractivity contribution in [3.05, 3.63) is 102 Å². The third-order valence-electron chi connectivity index (χ3n) is 5.03. The number of hydrogen-bond donors (Lipinski definition) is 0. The molecule has 0 aliphatic rings. The molecule has 30 heavy (non-hydrogen) atoms. The highest BCUT2D eigenvalue weighted by atomic mass is 16.5. The van der Waals surface area contributed by atoms with E-state index in [-0.39, 0.29) is 12.5 Å². The largest absolute Gasteiger partial charge is 0.488 e. The van der Waals surface area contributed by atoms with Crippen molar-refractivity contribution in [3.8, 4) is 5.75 Å². The zero-order valence-electron chi connectivity index (χ0n) is 16.9. The molecular formula is C26H25NO3. The van der Waals surface area contributed by atoms with E-state index in [9.17, 15) is 4.79 Å². The molecule has 0 radical (unpaired) electrons. The fourth-order valence-electron chi connectivity index (χ4n) is 3.49. The zero-order chi connectivity index (χ0) is 20.6. The maximum Gasteiger partial charge on any atom is 0.325 e. The fraction of sp³-hybridized carbons (Fsp3) is 0.192. The number of rotatable bonds is 9. The fourth-order valence-corrected chi connectivity index (χ4v) is 3.49. The first kappa shape index (κ1) is 19.8. The molecule has 4 nitrogen and oxygen atoms in total. The number of esters is 1. The number of nitrogens with zero attached hydrogens (tertiary/aromatic N) is 1. The van der Waals surface area contributed by atoms with Crippen LogP contribution in [0.2, 0.25) is 0 Å². The van der Waals surface area contributed by atoms with Crippen molar-refractivity contribution < 1.29 is 14.3 Å². The van der Waals surface area contributed by atoms with Crippen LogP contribution in [0.5, 0.6) is 5.75 Å². The number of carbonyl (C=O) groups is 1. The van der Waals surface area contributed by atoms with E-state index in [1.807, 2.05) is 83.6 Å². The van der Waals surface area contributed by atoms with Gasteiger partial charge in [0.15, 0.2) is 0 Å². The van der Waals surface area contributed by atoms with Gasteiger partial charge >= 0.3 is 5.97 Å². The van der Waals surface area contributed by atoms with E-state index < -0.39 is 0 Å². The SMILES string of the molecule is O=C(Cn1ccc2c(OCc3ccccc3)cccc21)OCCCc1ccccc1. The summed E-state index contributed by atoms with van der Waals surface area (Å²) in [5, 5.41) is 0.991. The first-order valence-corrected chi connectivity index (χ1v) is 10.2. The van der Waals surface area contributed by atoms with Gasteiger partial charge in [-0.05, 0) is 42.2 Å². The van der Waals surface area contributed by atoms with Gasteiger partial charge in [-0.3, -0.25) is 4.79 Å². The molecule has 4 rings (SSSR count). The number of aromatic nitrogens is 1. The summed E-state index contributed by atoms with van der Waals surface area (Å²) in [4.78, 5) is 12.3. The smallest absolute Gasteiger partial charge is 0.325 e. The second-order valence-corrected chi connectivity index (χ2v) is 7.22. The number of hydrogen-bond acceptors (Lipinski definition) is 3. The van der Waals surface area contributed by atoms with E-state index in [0.29, 0.717) is 13.2 Å². The molecule has 1 aromatic heterocycles. The molecule has 3 aromatic carbocycles. The first-order valence-electron chi connectivity index (χ1n) is 10.2. The molecular weight excluding hydrogens is 374 g/mol. The number of fused-ring (bicyclic) bond motifs is 1. The van der Waals surface area contributed by atoms with Gasteiger partial charge in [0.1, 0.15) is 18.9 Å². The van der Waals surface area contributed by atoms with Gasteiger partial charge in [0.2, 0.25) is 0 Å². The Kier molecular flexibility index (Phi) is 6.45. The molecule has 0 fully saturated rings. The number of aryl methyl sites for hydroxylation is 1. The Labute approximate surface area is 176 Å². The summed E-state index contributed by atoms with van der Waals surface area (Å²) in [5.74, 6) is 0.586. The summed E-state index contributed by atoms with van der Waals surface area (Å²) >= 11 is 0. The van der Waals surface area contributed by atoms with Crippen molar-refractivity contribution in [2.45, 2.75) is 26.0 Å². The number of ether oxygens (including phenoxy) is 2. The molecule has 0 bridgehead atoms. The summed E-state index contributed by atoms with van der Waals surface area (Å²) in [6.07, 6.45) is 3.63. The predicted octanol–water partition coefficient (Wildman–Crippen LogP) is 5.40. The second-order valence-electron chi connectivity index (χ2n) is 7.22. The van der Waals surface area contributed by atoms with Crippen molar-refractivity contribution in [1.82, 2.24) is 4.57 Å². The lowest BCUT2D eigenvalue weighted by atomic mass is 10.1. The standard InChI is InChI=1S/C26H25NO3/c28-26(29-18-8-13-21-9-3-1-4-10-21)19-27-17-16-23-24(27)14-7-15-25(23)30-20-22-11-5-2-6-12-22/h1-7,9-12,14-17H,8,13,18-20H2. The van der Waals surface area contributed by atoms with Crippen LogP contribution in [0.3, 0.4) is 0 Å². The van der Waals surface area contributed by atoms with Crippen molar-refractivity contribution >= 4 is 16.9 Å². The molecule has 0 aliphatic heterocycles. The van der Waals surface area contributed by atoms with Crippen LogP contribution in [-0.4, -0.2) is 17.1 Å². The minimum Gasteiger partial charge on any atom is -0.488 e. The summed E-state index contributed by atoms with van der Waals surface area (Å²) in [5.41, 5.74) is 3.34. The minimum absolute atomic E-state index is 0.191. The maximum absolute atomic E-state index is 12.3. The highest BCUT2D eigenvalue weighted by molar-refractivity contribution is 5.87. The Morgan fingerprint density at radius 3 is 2.30 bits per heavy atom. The lowest BCUT2D eigenvalue weighted by molar-refractivity contribution is -0.144. The van der Waals surface area contributed by atoms with Gasteiger partial charge in [0.25, 0.3) is 0 Å². The van der Waals surface area contributed by atoms with Crippen molar-refractivity contribution in [2.75, 3.05) is 6.61 Å². The van der Waals surface area contributed by atoms with Gasteiger partial charge in [-0.2, -0.15) is 0 Å². The quantitative estimate of drug-likeness (QED) is 0.280. The molecule has 4 heteroatoms. The summed E-state index contributed by atoms with van der Waals surface area (Å²) in [6.45, 7) is 1.13. The molecule has 0 N–H and O–H groups in total. The van der Waals surface area contributed by atoms with Crippen LogP contribution in [0.25, 0.3) is 10.9 Å². The van der Waals surface area contributed by atoms with Crippen LogP contribution in [0, 0.1) is 0 Å². The molecule has 152 valence electrons. The van der Waals surface area contributed by atoms with Crippen molar-refractivity contribution in [2.24, 2.45) is 0 Å². The van der Waals surface area contributed by atoms with Gasteiger partial charge in [0.05, 0.1) is 12.1 Å². The van der Waals surface area contributed by atoms with Crippen LogP contribution in [0.15, 0.2) is 91.1 Å². The van der Waals surface area contributed by atoms with E-state index in [1.54, 1.807) is 0 Å². The van der Waals surface area contributed by atoms with Gasteiger partial charge in [-0.25, -0.2) is 0 Å². The average Bonchev–Trinajstić information content (AvgIpc) is 3.20. The Bertz CT molecular complexity index is 1090. The normalized spacial score (nSPS) is 10.8. The van der Waals surface area contributed by atoms with Crippen molar-refractivity contribution in [3.63, 3.8) is 0 Å². The van der Waals surface area contributed by atoms with Crippen LogP contribution in [0.4, 0.5) is 0 Å². The third-order valence-corrected chi connectivity index (χ3v) is 5.03. The predicted molar refractivity (Wildman–Crippen MR) is 118 cm³/mol. The lowest BCUT2D eigenvalue weighted by Gasteiger charge is -2.09. The highest BCUT2D eigenvalue weighted by Crippen LogP contribution is 2.27. The first-order chi connectivity index (χ1) is 14.8. The second kappa shape index (κ2) is 9.79. The van der Waals surface area contributed by atoms with Gasteiger partial charge in [0, 0.05) is 11.6 Å². The van der Waals surface area contributed by atoms with Gasteiger partial charge < -0.3 is 14.0 Å². The Morgan fingerprint density at radius 1 is 0.800 bits per heavy atom. The highest BCUT2D eigenvalue weighted by Gasteiger charge is 2.10. The maximum atomic E-state index is 12.3. The summed E-state index contributed by atoms with van der Waals surface area (Å²) in [7, 11) is 0. The Hall–Kier alpha value is -3.53. The van der Waals surface area contributed by atoms with Crippen LogP contribution in [-0.2, 0) is 29.1 Å². The summed E-state index contributed by atoms with van der Waals surface area (Å²) < 4.78 is 13.4. The molecule has 0 saturated carbocycles. The average molecular weight is 399 g/mol. The molecule has 4 aromatic rings. The van der Waals surface area contributed by atoms with Crippen molar-refractivity contribution in [1.29, 1.82) is 0 Å². The molecule has 0 atom stereocenters.